The van der Waals surface area contributed by atoms with Gasteiger partial charge in [-0.3, -0.25) is 9.59 Å². The fourth-order valence-corrected chi connectivity index (χ4v) is 5.00. The van der Waals surface area contributed by atoms with Crippen LogP contribution in [0.25, 0.3) is 0 Å². The molecule has 7 nitrogen and oxygen atoms in total. The minimum atomic E-state index is -3.87. The Morgan fingerprint density at radius 3 is 2.58 bits per heavy atom. The molecule has 1 aliphatic rings. The molecule has 0 radical (unpaired) electrons. The molecule has 1 amide bonds. The molecule has 1 aliphatic heterocycles. The molecular formula is C20H19Cl2FN2O5S. The highest BCUT2D eigenvalue weighted by atomic mass is 35.5. The minimum absolute atomic E-state index is 0.0549. The van der Waals surface area contributed by atoms with Crippen LogP contribution in [0.2, 0.25) is 10.0 Å². The number of halogens is 3. The van der Waals surface area contributed by atoms with E-state index in [2.05, 4.69) is 5.32 Å². The van der Waals surface area contributed by atoms with Crippen LogP contribution in [0.15, 0.2) is 47.4 Å². The van der Waals surface area contributed by atoms with Gasteiger partial charge in [0.05, 0.1) is 21.5 Å². The highest BCUT2D eigenvalue weighted by Crippen LogP contribution is 2.26. The number of piperidine rings is 1. The van der Waals surface area contributed by atoms with Crippen molar-refractivity contribution in [3.05, 3.63) is 58.3 Å². The lowest BCUT2D eigenvalue weighted by Gasteiger charge is -2.30. The molecule has 1 unspecified atom stereocenters. The number of hydrogen-bond acceptors (Lipinski definition) is 5. The SMILES string of the molecule is O=C(COC(=O)C1CCCN(S(=O)(=O)c2ccc(F)cc2)C1)Nc1cc(Cl)ccc1Cl. The number of carbonyl (C=O) groups is 2. The second-order valence-electron chi connectivity index (χ2n) is 6.94. The van der Waals surface area contributed by atoms with Gasteiger partial charge in [0.2, 0.25) is 10.0 Å². The van der Waals surface area contributed by atoms with E-state index in [0.29, 0.717) is 17.9 Å². The maximum absolute atomic E-state index is 13.1. The molecule has 166 valence electrons. The Balaban J connectivity index is 1.57. The number of nitrogens with zero attached hydrogens (tertiary/aromatic N) is 1. The van der Waals surface area contributed by atoms with Crippen molar-refractivity contribution in [2.24, 2.45) is 5.92 Å². The van der Waals surface area contributed by atoms with E-state index in [4.69, 9.17) is 27.9 Å². The second-order valence-corrected chi connectivity index (χ2v) is 9.72. The summed E-state index contributed by atoms with van der Waals surface area (Å²) in [6, 6.07) is 9.03. The van der Waals surface area contributed by atoms with Gasteiger partial charge in [-0.15, -0.1) is 0 Å². The van der Waals surface area contributed by atoms with Crippen molar-refractivity contribution in [1.29, 1.82) is 0 Å². The first kappa shape index (κ1) is 23.5. The van der Waals surface area contributed by atoms with Gasteiger partial charge in [-0.05, 0) is 55.3 Å². The molecule has 1 heterocycles. The van der Waals surface area contributed by atoms with Crippen LogP contribution in [-0.4, -0.2) is 44.3 Å². The Bertz CT molecular complexity index is 1080. The van der Waals surface area contributed by atoms with E-state index >= 15 is 0 Å². The second kappa shape index (κ2) is 9.95. The molecule has 0 aromatic heterocycles. The quantitative estimate of drug-likeness (QED) is 0.625. The Morgan fingerprint density at radius 2 is 1.87 bits per heavy atom. The van der Waals surface area contributed by atoms with Crippen molar-refractivity contribution in [2.75, 3.05) is 25.0 Å². The molecule has 2 aromatic rings. The lowest BCUT2D eigenvalue weighted by atomic mass is 10.00. The first-order valence-corrected chi connectivity index (χ1v) is 11.5. The lowest BCUT2D eigenvalue weighted by Crippen LogP contribution is -2.43. The first-order valence-electron chi connectivity index (χ1n) is 9.34. The summed E-state index contributed by atoms with van der Waals surface area (Å²) in [7, 11) is -3.87. The summed E-state index contributed by atoms with van der Waals surface area (Å²) in [6.45, 7) is -0.402. The molecule has 0 saturated carbocycles. The number of amides is 1. The number of rotatable bonds is 6. The van der Waals surface area contributed by atoms with E-state index in [-0.39, 0.29) is 28.7 Å². The zero-order valence-electron chi connectivity index (χ0n) is 16.2. The number of carbonyl (C=O) groups excluding carboxylic acids is 2. The molecule has 0 aliphatic carbocycles. The number of hydrogen-bond donors (Lipinski definition) is 1. The normalized spacial score (nSPS) is 17.2. The highest BCUT2D eigenvalue weighted by Gasteiger charge is 2.34. The Labute approximate surface area is 189 Å². The van der Waals surface area contributed by atoms with Gasteiger partial charge in [0.25, 0.3) is 5.91 Å². The van der Waals surface area contributed by atoms with Crippen LogP contribution >= 0.6 is 23.2 Å². The molecule has 1 atom stereocenters. The molecule has 0 spiro atoms. The largest absolute Gasteiger partial charge is 0.455 e. The maximum Gasteiger partial charge on any atom is 0.310 e. The third-order valence-electron chi connectivity index (χ3n) is 4.72. The van der Waals surface area contributed by atoms with E-state index in [1.807, 2.05) is 0 Å². The van der Waals surface area contributed by atoms with E-state index in [1.54, 1.807) is 6.07 Å². The number of benzene rings is 2. The number of esters is 1. The maximum atomic E-state index is 13.1. The molecule has 1 fully saturated rings. The van der Waals surface area contributed by atoms with Crippen LogP contribution in [0.5, 0.6) is 0 Å². The summed E-state index contributed by atoms with van der Waals surface area (Å²) in [5, 5.41) is 3.15. The van der Waals surface area contributed by atoms with Crippen molar-refractivity contribution >= 4 is 50.8 Å². The third-order valence-corrected chi connectivity index (χ3v) is 7.16. The Kier molecular flexibility index (Phi) is 7.53. The highest BCUT2D eigenvalue weighted by molar-refractivity contribution is 7.89. The minimum Gasteiger partial charge on any atom is -0.455 e. The van der Waals surface area contributed by atoms with Gasteiger partial charge in [-0.1, -0.05) is 23.2 Å². The third kappa shape index (κ3) is 5.94. The van der Waals surface area contributed by atoms with Gasteiger partial charge in [-0.25, -0.2) is 12.8 Å². The summed E-state index contributed by atoms with van der Waals surface area (Å²) in [6.07, 6.45) is 0.876. The van der Waals surface area contributed by atoms with Crippen molar-refractivity contribution < 1.29 is 27.1 Å². The molecule has 1 saturated heterocycles. The van der Waals surface area contributed by atoms with E-state index in [0.717, 1.165) is 12.1 Å². The summed E-state index contributed by atoms with van der Waals surface area (Å²) in [5.74, 6) is -2.54. The summed E-state index contributed by atoms with van der Waals surface area (Å²) in [4.78, 5) is 24.4. The number of nitrogens with one attached hydrogen (secondary N) is 1. The van der Waals surface area contributed by atoms with Gasteiger partial charge in [0.15, 0.2) is 6.61 Å². The monoisotopic (exact) mass is 488 g/mol. The Hall–Kier alpha value is -2.20. The fraction of sp³-hybridized carbons (Fsp3) is 0.300. The van der Waals surface area contributed by atoms with Gasteiger partial charge >= 0.3 is 5.97 Å². The molecule has 1 N–H and O–H groups in total. The lowest BCUT2D eigenvalue weighted by molar-refractivity contribution is -0.152. The van der Waals surface area contributed by atoms with Crippen LogP contribution in [-0.2, 0) is 24.3 Å². The summed E-state index contributed by atoms with van der Waals surface area (Å²) < 4.78 is 44.9. The van der Waals surface area contributed by atoms with Crippen LogP contribution in [0.4, 0.5) is 10.1 Å². The molecule has 2 aromatic carbocycles. The van der Waals surface area contributed by atoms with E-state index < -0.39 is 40.2 Å². The Morgan fingerprint density at radius 1 is 1.16 bits per heavy atom. The zero-order valence-corrected chi connectivity index (χ0v) is 18.5. The molecule has 31 heavy (non-hydrogen) atoms. The van der Waals surface area contributed by atoms with Crippen molar-refractivity contribution in [2.45, 2.75) is 17.7 Å². The molecule has 0 bridgehead atoms. The smallest absolute Gasteiger partial charge is 0.310 e. The summed E-state index contributed by atoms with van der Waals surface area (Å²) in [5.41, 5.74) is 0.282. The number of sulfonamides is 1. The van der Waals surface area contributed by atoms with Gasteiger partial charge < -0.3 is 10.1 Å². The standard InChI is InChI=1S/C20H19Cl2FN2O5S/c21-14-3-8-17(22)18(10-14)24-19(26)12-30-20(27)13-2-1-9-25(11-13)31(28,29)16-6-4-15(23)5-7-16/h3-8,10,13H,1-2,9,11-12H2,(H,24,26). The predicted molar refractivity (Wildman–Crippen MR) is 114 cm³/mol. The number of ether oxygens (including phenoxy) is 1. The average molecular weight is 489 g/mol. The first-order chi connectivity index (χ1) is 14.7. The molecular weight excluding hydrogens is 470 g/mol. The predicted octanol–water partition coefficient (Wildman–Crippen LogP) is 3.72. The van der Waals surface area contributed by atoms with Gasteiger partial charge in [0, 0.05) is 18.1 Å². The van der Waals surface area contributed by atoms with Crippen LogP contribution < -0.4 is 5.32 Å². The van der Waals surface area contributed by atoms with E-state index in [9.17, 15) is 22.4 Å². The van der Waals surface area contributed by atoms with E-state index in [1.165, 1.54) is 28.6 Å². The van der Waals surface area contributed by atoms with Gasteiger partial charge in [-0.2, -0.15) is 4.31 Å². The molecule has 3 rings (SSSR count). The molecule has 11 heteroatoms. The van der Waals surface area contributed by atoms with Crippen LogP contribution in [0.1, 0.15) is 12.8 Å². The zero-order chi connectivity index (χ0) is 22.6. The van der Waals surface area contributed by atoms with Crippen LogP contribution in [0, 0.1) is 11.7 Å². The van der Waals surface area contributed by atoms with Gasteiger partial charge in [0.1, 0.15) is 5.82 Å². The average Bonchev–Trinajstić information content (AvgIpc) is 2.75. The number of anilines is 1. The fourth-order valence-electron chi connectivity index (χ4n) is 3.14. The topological polar surface area (TPSA) is 92.8 Å². The van der Waals surface area contributed by atoms with Crippen LogP contribution in [0.3, 0.4) is 0 Å². The van der Waals surface area contributed by atoms with Crippen molar-refractivity contribution in [1.82, 2.24) is 4.31 Å². The van der Waals surface area contributed by atoms with Crippen molar-refractivity contribution in [3.8, 4) is 0 Å². The van der Waals surface area contributed by atoms with Crippen molar-refractivity contribution in [3.63, 3.8) is 0 Å². The summed E-state index contributed by atoms with van der Waals surface area (Å²) >= 11 is 11.8.